The van der Waals surface area contributed by atoms with Crippen LogP contribution in [0.2, 0.25) is 0 Å². The van der Waals surface area contributed by atoms with Gasteiger partial charge in [-0.05, 0) is 80.5 Å². The lowest BCUT2D eigenvalue weighted by molar-refractivity contribution is -0.189. The zero-order valence-electron chi connectivity index (χ0n) is 19.3. The van der Waals surface area contributed by atoms with Gasteiger partial charge in [0.2, 0.25) is 5.78 Å². The summed E-state index contributed by atoms with van der Waals surface area (Å²) in [5.41, 5.74) is -1.24. The largest absolute Gasteiger partial charge is 0.458 e. The number of fused-ring (bicyclic) bond motifs is 5. The molecule has 0 radical (unpaired) electrons. The molecule has 7 atom stereocenters. The minimum atomic E-state index is -1.19. The van der Waals surface area contributed by atoms with E-state index in [0.29, 0.717) is 36.4 Å². The van der Waals surface area contributed by atoms with Crippen molar-refractivity contribution in [1.29, 1.82) is 0 Å². The van der Waals surface area contributed by atoms with Crippen molar-refractivity contribution in [2.24, 2.45) is 34.5 Å². The van der Waals surface area contributed by atoms with E-state index in [1.165, 1.54) is 13.8 Å². The number of rotatable bonds is 4. The van der Waals surface area contributed by atoms with Crippen molar-refractivity contribution in [3.05, 3.63) is 0 Å². The number of carbonyl (C=O) groups is 4. The summed E-state index contributed by atoms with van der Waals surface area (Å²) in [5.74, 6) is 1.07. The SMILES string of the molecule is CC(=O)OCC(=O)[C@@]1(OC(C)=O)CC[C@@]2(C)[C@H](CC[C@@H]3[C@@H]2CC[C@]2(C)C(=O)CC[C@@H]32)C1. The van der Waals surface area contributed by atoms with Gasteiger partial charge in [-0.25, -0.2) is 0 Å². The topological polar surface area (TPSA) is 86.7 Å². The average Bonchev–Trinajstić information content (AvgIpc) is 3.01. The van der Waals surface area contributed by atoms with E-state index in [2.05, 4.69) is 13.8 Å². The Bertz CT molecular complexity index is 804. The molecule has 0 saturated heterocycles. The number of ketones is 2. The molecule has 6 nitrogen and oxygen atoms in total. The maximum Gasteiger partial charge on any atom is 0.303 e. The molecule has 0 spiro atoms. The van der Waals surface area contributed by atoms with Crippen LogP contribution in [-0.2, 0) is 28.7 Å². The van der Waals surface area contributed by atoms with Gasteiger partial charge in [-0.3, -0.25) is 19.2 Å². The molecule has 6 heteroatoms. The van der Waals surface area contributed by atoms with E-state index in [0.717, 1.165) is 44.9 Å². The fourth-order valence-electron chi connectivity index (χ4n) is 7.98. The summed E-state index contributed by atoms with van der Waals surface area (Å²) in [6, 6.07) is 0. The van der Waals surface area contributed by atoms with Gasteiger partial charge < -0.3 is 9.47 Å². The summed E-state index contributed by atoms with van der Waals surface area (Å²) < 4.78 is 10.6. The fourth-order valence-corrected chi connectivity index (χ4v) is 7.98. The molecule has 0 aromatic carbocycles. The molecule has 4 aliphatic carbocycles. The van der Waals surface area contributed by atoms with E-state index in [9.17, 15) is 19.2 Å². The number of hydrogen-bond donors (Lipinski definition) is 0. The summed E-state index contributed by atoms with van der Waals surface area (Å²) in [5, 5.41) is 0. The van der Waals surface area contributed by atoms with Gasteiger partial charge in [0.05, 0.1) is 0 Å². The van der Waals surface area contributed by atoms with Crippen molar-refractivity contribution in [2.45, 2.75) is 91.1 Å². The molecule has 0 aromatic heterocycles. The van der Waals surface area contributed by atoms with E-state index in [-0.39, 0.29) is 29.1 Å². The van der Waals surface area contributed by atoms with Gasteiger partial charge >= 0.3 is 11.9 Å². The zero-order valence-corrected chi connectivity index (χ0v) is 19.3. The minimum Gasteiger partial charge on any atom is -0.458 e. The van der Waals surface area contributed by atoms with E-state index in [1.54, 1.807) is 0 Å². The van der Waals surface area contributed by atoms with Crippen LogP contribution >= 0.6 is 0 Å². The van der Waals surface area contributed by atoms with Crippen LogP contribution in [0.1, 0.15) is 85.5 Å². The van der Waals surface area contributed by atoms with Crippen LogP contribution in [-0.4, -0.2) is 35.7 Å². The molecule has 0 N–H and O–H groups in total. The van der Waals surface area contributed by atoms with E-state index < -0.39 is 17.5 Å². The normalized spacial score (nSPS) is 43.9. The van der Waals surface area contributed by atoms with Crippen LogP contribution in [0.4, 0.5) is 0 Å². The lowest BCUT2D eigenvalue weighted by Crippen LogP contribution is -2.59. The van der Waals surface area contributed by atoms with Crippen molar-refractivity contribution in [3.63, 3.8) is 0 Å². The Kier molecular flexibility index (Phi) is 5.58. The Morgan fingerprint density at radius 1 is 0.935 bits per heavy atom. The monoisotopic (exact) mass is 432 g/mol. The van der Waals surface area contributed by atoms with Crippen molar-refractivity contribution < 1.29 is 28.7 Å². The van der Waals surface area contributed by atoms with Crippen molar-refractivity contribution in [3.8, 4) is 0 Å². The molecule has 172 valence electrons. The zero-order chi connectivity index (χ0) is 22.6. The predicted molar refractivity (Wildman–Crippen MR) is 113 cm³/mol. The van der Waals surface area contributed by atoms with Gasteiger partial charge in [0, 0.05) is 25.7 Å². The maximum atomic E-state index is 13.1. The third-order valence-electron chi connectivity index (χ3n) is 9.67. The van der Waals surface area contributed by atoms with Gasteiger partial charge in [0.1, 0.15) is 5.78 Å². The first-order chi connectivity index (χ1) is 14.5. The average molecular weight is 433 g/mol. The Hall–Kier alpha value is -1.72. The van der Waals surface area contributed by atoms with Gasteiger partial charge in [-0.2, -0.15) is 0 Å². The molecule has 31 heavy (non-hydrogen) atoms. The molecule has 4 aliphatic rings. The van der Waals surface area contributed by atoms with Crippen LogP contribution in [0.15, 0.2) is 0 Å². The van der Waals surface area contributed by atoms with Crippen molar-refractivity contribution in [2.75, 3.05) is 6.61 Å². The Morgan fingerprint density at radius 2 is 1.68 bits per heavy atom. The highest BCUT2D eigenvalue weighted by Gasteiger charge is 2.62. The summed E-state index contributed by atoms with van der Waals surface area (Å²) in [6.07, 6.45) is 7.65. The van der Waals surface area contributed by atoms with Crippen molar-refractivity contribution in [1.82, 2.24) is 0 Å². The highest BCUT2D eigenvalue weighted by Crippen LogP contribution is 2.66. The molecular weight excluding hydrogens is 396 g/mol. The van der Waals surface area contributed by atoms with E-state index in [4.69, 9.17) is 9.47 Å². The van der Waals surface area contributed by atoms with Gasteiger partial charge in [-0.15, -0.1) is 0 Å². The second-order valence-corrected chi connectivity index (χ2v) is 11.1. The smallest absolute Gasteiger partial charge is 0.303 e. The third kappa shape index (κ3) is 3.54. The standard InChI is InChI=1S/C25H36O6/c1-15(26)30-14-22(29)25(31-16(2)27)12-11-23(3)17(13-25)5-6-18-19-7-8-21(28)24(19,4)10-9-20(18)23/h17-20H,5-14H2,1-4H3/t17-,18+,19+,20+,23+,24+,25-/m1/s1. The summed E-state index contributed by atoms with van der Waals surface area (Å²) in [4.78, 5) is 48.8. The Balaban J connectivity index is 1.56. The number of hydrogen-bond acceptors (Lipinski definition) is 6. The van der Waals surface area contributed by atoms with E-state index in [1.807, 2.05) is 0 Å². The van der Waals surface area contributed by atoms with Gasteiger partial charge in [0.15, 0.2) is 12.2 Å². The number of carbonyl (C=O) groups excluding carboxylic acids is 4. The highest BCUT2D eigenvalue weighted by atomic mass is 16.6. The quantitative estimate of drug-likeness (QED) is 0.623. The van der Waals surface area contributed by atoms with Crippen LogP contribution in [0.5, 0.6) is 0 Å². The van der Waals surface area contributed by atoms with Crippen LogP contribution < -0.4 is 0 Å². The molecule has 0 unspecified atom stereocenters. The van der Waals surface area contributed by atoms with Gasteiger partial charge in [-0.1, -0.05) is 13.8 Å². The molecule has 0 aliphatic heterocycles. The first-order valence-electron chi connectivity index (χ1n) is 11.9. The molecule has 4 saturated carbocycles. The van der Waals surface area contributed by atoms with E-state index >= 15 is 0 Å². The maximum absolute atomic E-state index is 13.1. The number of esters is 2. The Labute approximate surface area is 184 Å². The summed E-state index contributed by atoms with van der Waals surface area (Å²) >= 11 is 0. The highest BCUT2D eigenvalue weighted by molar-refractivity contribution is 5.91. The molecule has 0 bridgehead atoms. The second kappa shape index (κ2) is 7.70. The van der Waals surface area contributed by atoms with Crippen LogP contribution in [0.3, 0.4) is 0 Å². The third-order valence-corrected chi connectivity index (χ3v) is 9.67. The first-order valence-corrected chi connectivity index (χ1v) is 11.9. The summed E-state index contributed by atoms with van der Waals surface area (Å²) in [7, 11) is 0. The fraction of sp³-hybridized carbons (Fsp3) is 0.840. The molecular formula is C25H36O6. The van der Waals surface area contributed by atoms with Crippen LogP contribution in [0.25, 0.3) is 0 Å². The lowest BCUT2D eigenvalue weighted by Gasteiger charge is -2.61. The van der Waals surface area contributed by atoms with Crippen LogP contribution in [0, 0.1) is 34.5 Å². The minimum absolute atomic E-state index is 0.0846. The molecule has 0 amide bonds. The number of Topliss-reactive ketones (excluding diaryl/α,β-unsaturated/α-hetero) is 2. The van der Waals surface area contributed by atoms with Crippen molar-refractivity contribution >= 4 is 23.5 Å². The Morgan fingerprint density at radius 3 is 2.35 bits per heavy atom. The molecule has 0 aromatic rings. The number of ether oxygens (including phenoxy) is 2. The summed E-state index contributed by atoms with van der Waals surface area (Å²) in [6.45, 7) is 6.82. The lowest BCUT2D eigenvalue weighted by atomic mass is 9.44. The molecule has 4 fully saturated rings. The molecule has 0 heterocycles. The first kappa shape index (κ1) is 22.5. The molecule has 4 rings (SSSR count). The van der Waals surface area contributed by atoms with Gasteiger partial charge in [0.25, 0.3) is 0 Å². The second-order valence-electron chi connectivity index (χ2n) is 11.1. The predicted octanol–water partition coefficient (Wildman–Crippen LogP) is 4.03.